The minimum atomic E-state index is 0.253. The third kappa shape index (κ3) is 4.41. The zero-order valence-electron chi connectivity index (χ0n) is 12.6. The number of piperidine rings is 1. The second-order valence-corrected chi connectivity index (χ2v) is 7.02. The molecule has 1 aliphatic rings. The largest absolute Gasteiger partial charge is 0.329 e. The van der Waals surface area contributed by atoms with Crippen molar-refractivity contribution in [2.45, 2.75) is 32.2 Å². The summed E-state index contributed by atoms with van der Waals surface area (Å²) in [5.74, 6) is 1.97. The molecule has 0 bridgehead atoms. The van der Waals surface area contributed by atoms with Gasteiger partial charge in [-0.05, 0) is 45.2 Å². The minimum Gasteiger partial charge on any atom is -0.329 e. The first-order valence-electron chi connectivity index (χ1n) is 7.16. The van der Waals surface area contributed by atoms with E-state index in [0.29, 0.717) is 0 Å². The monoisotopic (exact) mass is 273 g/mol. The SMILES string of the molecule is CSCCN(C)C1(CN)CCN(CC(C)C)CC1. The van der Waals surface area contributed by atoms with Crippen molar-refractivity contribution in [1.82, 2.24) is 9.80 Å². The molecular formula is C14H31N3S. The number of rotatable bonds is 7. The Labute approximate surface area is 117 Å². The van der Waals surface area contributed by atoms with Crippen LogP contribution >= 0.6 is 11.8 Å². The molecule has 3 nitrogen and oxygen atoms in total. The molecule has 0 aromatic rings. The third-order valence-electron chi connectivity index (χ3n) is 4.23. The van der Waals surface area contributed by atoms with Gasteiger partial charge in [-0.2, -0.15) is 11.8 Å². The van der Waals surface area contributed by atoms with E-state index in [0.717, 1.165) is 19.0 Å². The molecule has 0 aromatic carbocycles. The summed E-state index contributed by atoms with van der Waals surface area (Å²) in [5.41, 5.74) is 6.34. The topological polar surface area (TPSA) is 32.5 Å². The second-order valence-electron chi connectivity index (χ2n) is 6.04. The summed E-state index contributed by atoms with van der Waals surface area (Å²) < 4.78 is 0. The summed E-state index contributed by atoms with van der Waals surface area (Å²) in [4.78, 5) is 5.11. The second kappa shape index (κ2) is 7.73. The van der Waals surface area contributed by atoms with Crippen LogP contribution in [0.4, 0.5) is 0 Å². The Kier molecular flexibility index (Phi) is 6.99. The van der Waals surface area contributed by atoms with E-state index >= 15 is 0 Å². The van der Waals surface area contributed by atoms with E-state index in [9.17, 15) is 0 Å². The standard InChI is InChI=1S/C14H31N3S/c1-13(2)11-17-7-5-14(12-15,6-8-17)16(3)9-10-18-4/h13H,5-12,15H2,1-4H3. The van der Waals surface area contributed by atoms with Gasteiger partial charge < -0.3 is 10.6 Å². The van der Waals surface area contributed by atoms with Gasteiger partial charge in [-0.3, -0.25) is 4.90 Å². The Bertz CT molecular complexity index is 225. The molecule has 0 amide bonds. The first-order chi connectivity index (χ1) is 8.54. The fraction of sp³-hybridized carbons (Fsp3) is 1.00. The van der Waals surface area contributed by atoms with E-state index < -0.39 is 0 Å². The fourth-order valence-electron chi connectivity index (χ4n) is 2.88. The summed E-state index contributed by atoms with van der Waals surface area (Å²) in [5, 5.41) is 0. The molecule has 1 fully saturated rings. The van der Waals surface area contributed by atoms with Crippen molar-refractivity contribution in [2.24, 2.45) is 11.7 Å². The average molecular weight is 273 g/mol. The number of hydrogen-bond donors (Lipinski definition) is 1. The lowest BCUT2D eigenvalue weighted by atomic mass is 9.85. The van der Waals surface area contributed by atoms with E-state index in [-0.39, 0.29) is 5.54 Å². The van der Waals surface area contributed by atoms with Crippen LogP contribution in [0, 0.1) is 5.92 Å². The van der Waals surface area contributed by atoms with Crippen molar-refractivity contribution in [2.75, 3.05) is 51.8 Å². The van der Waals surface area contributed by atoms with Crippen LogP contribution in [0.3, 0.4) is 0 Å². The van der Waals surface area contributed by atoms with Crippen molar-refractivity contribution in [3.05, 3.63) is 0 Å². The van der Waals surface area contributed by atoms with Crippen molar-refractivity contribution in [3.63, 3.8) is 0 Å². The predicted octanol–water partition coefficient (Wildman–Crippen LogP) is 1.73. The number of hydrogen-bond acceptors (Lipinski definition) is 4. The van der Waals surface area contributed by atoms with Crippen molar-refractivity contribution in [3.8, 4) is 0 Å². The maximum absolute atomic E-state index is 6.09. The molecule has 0 atom stereocenters. The van der Waals surface area contributed by atoms with Gasteiger partial charge >= 0.3 is 0 Å². The molecule has 1 saturated heterocycles. The van der Waals surface area contributed by atoms with Crippen LogP contribution in [0.25, 0.3) is 0 Å². The number of likely N-dealkylation sites (tertiary alicyclic amines) is 1. The average Bonchev–Trinajstić information content (AvgIpc) is 2.36. The van der Waals surface area contributed by atoms with Gasteiger partial charge in [0.05, 0.1) is 0 Å². The molecule has 0 spiro atoms. The maximum atomic E-state index is 6.09. The first-order valence-corrected chi connectivity index (χ1v) is 8.56. The highest BCUT2D eigenvalue weighted by molar-refractivity contribution is 7.98. The number of nitrogens with zero attached hydrogens (tertiary/aromatic N) is 2. The van der Waals surface area contributed by atoms with Gasteiger partial charge in [0.2, 0.25) is 0 Å². The Balaban J connectivity index is 2.48. The Hall–Kier alpha value is 0.230. The van der Waals surface area contributed by atoms with Crippen LogP contribution < -0.4 is 5.73 Å². The van der Waals surface area contributed by atoms with E-state index in [1.807, 2.05) is 11.8 Å². The first kappa shape index (κ1) is 16.3. The molecule has 1 aliphatic heterocycles. The molecule has 0 aliphatic carbocycles. The molecule has 18 heavy (non-hydrogen) atoms. The van der Waals surface area contributed by atoms with Gasteiger partial charge in [-0.25, -0.2) is 0 Å². The Morgan fingerprint density at radius 3 is 2.39 bits per heavy atom. The highest BCUT2D eigenvalue weighted by Crippen LogP contribution is 2.27. The van der Waals surface area contributed by atoms with Gasteiger partial charge in [0.25, 0.3) is 0 Å². The number of likely N-dealkylation sites (N-methyl/N-ethyl adjacent to an activating group) is 1. The molecule has 0 aromatic heterocycles. The predicted molar refractivity (Wildman–Crippen MR) is 83.3 cm³/mol. The molecule has 0 saturated carbocycles. The minimum absolute atomic E-state index is 0.253. The lowest BCUT2D eigenvalue weighted by molar-refractivity contribution is 0.0456. The van der Waals surface area contributed by atoms with Gasteiger partial charge in [-0.1, -0.05) is 13.8 Å². The van der Waals surface area contributed by atoms with E-state index in [1.54, 1.807) is 0 Å². The van der Waals surface area contributed by atoms with E-state index in [2.05, 4.69) is 37.0 Å². The molecule has 0 unspecified atom stereocenters. The quantitative estimate of drug-likeness (QED) is 0.766. The van der Waals surface area contributed by atoms with Gasteiger partial charge in [0.15, 0.2) is 0 Å². The van der Waals surface area contributed by atoms with Gasteiger partial charge in [-0.15, -0.1) is 0 Å². The highest BCUT2D eigenvalue weighted by atomic mass is 32.2. The fourth-order valence-corrected chi connectivity index (χ4v) is 3.33. The van der Waals surface area contributed by atoms with Gasteiger partial charge in [0, 0.05) is 30.9 Å². The third-order valence-corrected chi connectivity index (χ3v) is 4.82. The van der Waals surface area contributed by atoms with Gasteiger partial charge in [0.1, 0.15) is 0 Å². The number of nitrogens with two attached hydrogens (primary N) is 1. The van der Waals surface area contributed by atoms with Crippen LogP contribution in [0.1, 0.15) is 26.7 Å². The molecule has 1 rings (SSSR count). The Morgan fingerprint density at radius 2 is 1.94 bits per heavy atom. The van der Waals surface area contributed by atoms with E-state index in [4.69, 9.17) is 5.73 Å². The zero-order valence-corrected chi connectivity index (χ0v) is 13.4. The lowest BCUT2D eigenvalue weighted by Gasteiger charge is -2.47. The zero-order chi connectivity index (χ0) is 13.6. The summed E-state index contributed by atoms with van der Waals surface area (Å²) in [6.45, 7) is 10.2. The maximum Gasteiger partial charge on any atom is 0.0353 e. The van der Waals surface area contributed by atoms with Crippen LogP contribution in [-0.2, 0) is 0 Å². The van der Waals surface area contributed by atoms with Crippen molar-refractivity contribution >= 4 is 11.8 Å². The summed E-state index contributed by atoms with van der Waals surface area (Å²) in [7, 11) is 2.25. The van der Waals surface area contributed by atoms with Crippen LogP contribution in [0.5, 0.6) is 0 Å². The summed E-state index contributed by atoms with van der Waals surface area (Å²) in [6, 6.07) is 0. The van der Waals surface area contributed by atoms with Crippen LogP contribution in [-0.4, -0.2) is 67.1 Å². The lowest BCUT2D eigenvalue weighted by Crippen LogP contribution is -2.58. The van der Waals surface area contributed by atoms with E-state index in [1.165, 1.54) is 38.2 Å². The highest BCUT2D eigenvalue weighted by Gasteiger charge is 2.36. The number of thioether (sulfide) groups is 1. The Morgan fingerprint density at radius 1 is 1.33 bits per heavy atom. The van der Waals surface area contributed by atoms with Crippen LogP contribution in [0.2, 0.25) is 0 Å². The molecule has 108 valence electrons. The van der Waals surface area contributed by atoms with Crippen molar-refractivity contribution < 1.29 is 0 Å². The summed E-state index contributed by atoms with van der Waals surface area (Å²) >= 11 is 1.92. The molecule has 4 heteroatoms. The smallest absolute Gasteiger partial charge is 0.0353 e. The molecule has 0 radical (unpaired) electrons. The van der Waals surface area contributed by atoms with Crippen LogP contribution in [0.15, 0.2) is 0 Å². The molecule has 2 N–H and O–H groups in total. The summed E-state index contributed by atoms with van der Waals surface area (Å²) in [6.07, 6.45) is 4.62. The normalized spacial score (nSPS) is 20.8. The molecular weight excluding hydrogens is 242 g/mol. The van der Waals surface area contributed by atoms with Crippen molar-refractivity contribution in [1.29, 1.82) is 0 Å². The molecule has 1 heterocycles.